The zero-order valence-corrected chi connectivity index (χ0v) is 21.5. The van der Waals surface area contributed by atoms with Gasteiger partial charge in [0.1, 0.15) is 6.54 Å². The summed E-state index contributed by atoms with van der Waals surface area (Å²) in [4.78, 5) is 32.0. The summed E-state index contributed by atoms with van der Waals surface area (Å²) in [5, 5.41) is 13.2. The summed E-state index contributed by atoms with van der Waals surface area (Å²) in [6.07, 6.45) is 1.85. The first-order chi connectivity index (χ1) is 18.5. The Morgan fingerprint density at radius 1 is 1.00 bits per heavy atom. The average Bonchev–Trinajstić information content (AvgIpc) is 3.26. The standard InChI is InChI=1S/C29H26N4O4S/c1-2-37-28(36)25(23(20-13-7-4-8-14-20)24-26(34)30-29(38)31-27(24)35)33-18-32(17-19-11-5-3-6-12-19)21-15-9-10-16-22(21)33/h3-16,18,23,25H,2,17H2,1H3,(H2-,30,31,34,35,38). The molecule has 3 aromatic carbocycles. The fourth-order valence-electron chi connectivity index (χ4n) is 4.89. The van der Waals surface area contributed by atoms with Gasteiger partial charge in [-0.2, -0.15) is 0 Å². The fraction of sp³-hybridized carbons (Fsp3) is 0.172. The molecule has 0 saturated carbocycles. The predicted octanol–water partition coefficient (Wildman–Crippen LogP) is 3.73. The molecule has 5 aromatic rings. The minimum Gasteiger partial charge on any atom is -0.860 e. The van der Waals surface area contributed by atoms with Crippen LogP contribution in [0.2, 0.25) is 0 Å². The van der Waals surface area contributed by atoms with Crippen molar-refractivity contribution in [3.63, 3.8) is 0 Å². The molecule has 2 atom stereocenters. The molecule has 0 amide bonds. The van der Waals surface area contributed by atoms with Gasteiger partial charge < -0.3 is 14.8 Å². The number of nitrogens with one attached hydrogen (secondary N) is 2. The van der Waals surface area contributed by atoms with Crippen LogP contribution in [0.4, 0.5) is 0 Å². The zero-order valence-electron chi connectivity index (χ0n) is 20.7. The van der Waals surface area contributed by atoms with Crippen LogP contribution >= 0.6 is 12.2 Å². The van der Waals surface area contributed by atoms with Gasteiger partial charge in [0.05, 0.1) is 12.5 Å². The first-order valence-corrected chi connectivity index (χ1v) is 12.7. The number of hydrogen-bond donors (Lipinski definition) is 2. The highest BCUT2D eigenvalue weighted by Gasteiger charge is 2.41. The van der Waals surface area contributed by atoms with E-state index in [0.717, 1.165) is 16.6 Å². The number of H-pyrrole nitrogens is 2. The normalized spacial score (nSPS) is 12.8. The van der Waals surface area contributed by atoms with Crippen molar-refractivity contribution in [1.82, 2.24) is 14.5 Å². The molecule has 0 aliphatic rings. The Hall–Kier alpha value is -4.50. The number of aromatic nitrogens is 4. The topological polar surface area (TPSA) is 107 Å². The summed E-state index contributed by atoms with van der Waals surface area (Å²) >= 11 is 5.02. The third-order valence-corrected chi connectivity index (χ3v) is 6.69. The highest BCUT2D eigenvalue weighted by Crippen LogP contribution is 2.38. The number of rotatable bonds is 8. The lowest BCUT2D eigenvalue weighted by molar-refractivity contribution is -0.663. The Morgan fingerprint density at radius 3 is 2.34 bits per heavy atom. The largest absolute Gasteiger partial charge is 0.860 e. The summed E-state index contributed by atoms with van der Waals surface area (Å²) < 4.78 is 9.32. The van der Waals surface area contributed by atoms with E-state index < -0.39 is 29.4 Å². The molecule has 0 fully saturated rings. The Labute approximate surface area is 223 Å². The van der Waals surface area contributed by atoms with Gasteiger partial charge >= 0.3 is 5.97 Å². The average molecular weight is 527 g/mol. The van der Waals surface area contributed by atoms with Crippen molar-refractivity contribution in [2.24, 2.45) is 0 Å². The number of hydrogen-bond acceptors (Lipinski definition) is 5. The third kappa shape index (κ3) is 4.88. The molecular weight excluding hydrogens is 500 g/mol. The molecule has 5 rings (SSSR count). The summed E-state index contributed by atoms with van der Waals surface area (Å²) in [6, 6.07) is 25.6. The van der Waals surface area contributed by atoms with Crippen LogP contribution in [0.5, 0.6) is 5.88 Å². The molecular formula is C29H26N4O4S. The molecule has 192 valence electrons. The number of nitrogens with zero attached hydrogens (tertiary/aromatic N) is 2. The van der Waals surface area contributed by atoms with Gasteiger partial charge in [0.25, 0.3) is 5.56 Å². The van der Waals surface area contributed by atoms with Gasteiger partial charge in [-0.1, -0.05) is 72.8 Å². The summed E-state index contributed by atoms with van der Waals surface area (Å²) in [7, 11) is 0. The number of para-hydroxylation sites is 2. The van der Waals surface area contributed by atoms with E-state index in [0.29, 0.717) is 12.1 Å². The van der Waals surface area contributed by atoms with E-state index in [1.165, 1.54) is 0 Å². The quantitative estimate of drug-likeness (QED) is 0.182. The Balaban J connectivity index is 1.78. The number of aromatic amines is 2. The molecule has 0 saturated heterocycles. The summed E-state index contributed by atoms with van der Waals surface area (Å²) in [5.41, 5.74) is 2.59. The lowest BCUT2D eigenvalue weighted by Gasteiger charge is -2.27. The number of carbonyl (C=O) groups is 1. The second-order valence-electron chi connectivity index (χ2n) is 8.86. The first-order valence-electron chi connectivity index (χ1n) is 12.3. The molecule has 0 radical (unpaired) electrons. The molecule has 8 nitrogen and oxygen atoms in total. The maximum absolute atomic E-state index is 13.7. The number of carbonyl (C=O) groups excluding carboxylic acids is 1. The van der Waals surface area contributed by atoms with Gasteiger partial charge in [-0.15, -0.1) is 0 Å². The van der Waals surface area contributed by atoms with Crippen LogP contribution in [0.3, 0.4) is 0 Å². The number of ether oxygens (including phenoxy) is 1. The first kappa shape index (κ1) is 25.2. The maximum atomic E-state index is 13.7. The molecule has 2 unspecified atom stereocenters. The van der Waals surface area contributed by atoms with Crippen LogP contribution in [0.25, 0.3) is 11.0 Å². The molecule has 38 heavy (non-hydrogen) atoms. The minimum absolute atomic E-state index is 0.0737. The van der Waals surface area contributed by atoms with Crippen LogP contribution in [-0.4, -0.2) is 27.1 Å². The van der Waals surface area contributed by atoms with Crippen molar-refractivity contribution in [2.45, 2.75) is 25.4 Å². The SMILES string of the molecule is CCOC(=O)C(C(c1ccccc1)c1c([O-])[nH]c(=S)[nH]c1=O)n1c[n+](Cc2ccccc2)c2ccccc21. The van der Waals surface area contributed by atoms with Gasteiger partial charge in [-0.25, -0.2) is 13.9 Å². The maximum Gasteiger partial charge on any atom is 0.352 e. The van der Waals surface area contributed by atoms with E-state index in [9.17, 15) is 14.7 Å². The van der Waals surface area contributed by atoms with Crippen LogP contribution in [0.1, 0.15) is 35.6 Å². The van der Waals surface area contributed by atoms with Crippen LogP contribution < -0.4 is 15.2 Å². The number of esters is 1. The Kier molecular flexibility index (Phi) is 7.19. The monoisotopic (exact) mass is 526 g/mol. The van der Waals surface area contributed by atoms with E-state index in [1.807, 2.05) is 71.6 Å². The van der Waals surface area contributed by atoms with Gasteiger partial charge in [0.15, 0.2) is 15.8 Å². The number of imidazole rings is 1. The molecule has 2 aromatic heterocycles. The highest BCUT2D eigenvalue weighted by molar-refractivity contribution is 7.71. The van der Waals surface area contributed by atoms with Crippen molar-refractivity contribution in [1.29, 1.82) is 0 Å². The summed E-state index contributed by atoms with van der Waals surface area (Å²) in [5.74, 6) is -2.16. The van der Waals surface area contributed by atoms with Crippen molar-refractivity contribution in [2.75, 3.05) is 6.61 Å². The lowest BCUT2D eigenvalue weighted by Crippen LogP contribution is -2.36. The van der Waals surface area contributed by atoms with Crippen molar-refractivity contribution in [3.8, 4) is 5.88 Å². The highest BCUT2D eigenvalue weighted by atomic mass is 32.1. The molecule has 0 spiro atoms. The van der Waals surface area contributed by atoms with Crippen LogP contribution in [0, 0.1) is 4.77 Å². The minimum atomic E-state index is -1.06. The lowest BCUT2D eigenvalue weighted by atomic mass is 9.85. The smallest absolute Gasteiger partial charge is 0.352 e. The number of fused-ring (bicyclic) bond motifs is 1. The van der Waals surface area contributed by atoms with Crippen molar-refractivity contribution >= 4 is 29.2 Å². The van der Waals surface area contributed by atoms with Gasteiger partial charge in [-0.05, 0) is 48.3 Å². The predicted molar refractivity (Wildman–Crippen MR) is 143 cm³/mol. The second kappa shape index (κ2) is 10.9. The van der Waals surface area contributed by atoms with Gasteiger partial charge in [0.2, 0.25) is 12.4 Å². The van der Waals surface area contributed by atoms with E-state index in [2.05, 4.69) is 9.97 Å². The second-order valence-corrected chi connectivity index (χ2v) is 9.27. The van der Waals surface area contributed by atoms with Crippen molar-refractivity contribution < 1.29 is 19.2 Å². The fourth-order valence-corrected chi connectivity index (χ4v) is 5.08. The number of benzene rings is 3. The molecule has 2 N–H and O–H groups in total. The van der Waals surface area contributed by atoms with E-state index in [4.69, 9.17) is 17.0 Å². The zero-order chi connectivity index (χ0) is 26.6. The van der Waals surface area contributed by atoms with Gasteiger partial charge in [-0.3, -0.25) is 9.78 Å². The van der Waals surface area contributed by atoms with E-state index in [1.54, 1.807) is 35.8 Å². The van der Waals surface area contributed by atoms with Crippen LogP contribution in [-0.2, 0) is 16.1 Å². The molecule has 2 heterocycles. The van der Waals surface area contributed by atoms with Crippen LogP contribution in [0.15, 0.2) is 96.1 Å². The third-order valence-electron chi connectivity index (χ3n) is 6.49. The Morgan fingerprint density at radius 2 is 1.66 bits per heavy atom. The molecule has 0 aliphatic carbocycles. The van der Waals surface area contributed by atoms with Gasteiger partial charge in [0, 0.05) is 5.56 Å². The summed E-state index contributed by atoms with van der Waals surface area (Å²) in [6.45, 7) is 2.42. The molecule has 0 bridgehead atoms. The Bertz CT molecular complexity index is 1690. The molecule has 9 heteroatoms. The van der Waals surface area contributed by atoms with Crippen molar-refractivity contribution in [3.05, 3.63) is 123 Å². The molecule has 0 aliphatic heterocycles. The van der Waals surface area contributed by atoms with E-state index >= 15 is 0 Å². The van der Waals surface area contributed by atoms with E-state index in [-0.39, 0.29) is 16.9 Å².